The Morgan fingerprint density at radius 1 is 1.15 bits per heavy atom. The summed E-state index contributed by atoms with van der Waals surface area (Å²) in [6, 6.07) is 7.10. The molecule has 1 aliphatic rings. The number of hydrogen-bond acceptors (Lipinski definition) is 4. The fourth-order valence-electron chi connectivity index (χ4n) is 3.18. The highest BCUT2D eigenvalue weighted by atomic mass is 16.3. The molecule has 1 aliphatic heterocycles. The van der Waals surface area contributed by atoms with Crippen LogP contribution >= 0.6 is 0 Å². The molecule has 0 radical (unpaired) electrons. The lowest BCUT2D eigenvalue weighted by molar-refractivity contribution is -0.136. The van der Waals surface area contributed by atoms with Crippen molar-refractivity contribution in [1.82, 2.24) is 5.32 Å². The average Bonchev–Trinajstić information content (AvgIpc) is 3.19. The molecule has 27 heavy (non-hydrogen) atoms. The Labute approximate surface area is 157 Å². The van der Waals surface area contributed by atoms with E-state index < -0.39 is 11.8 Å². The Hall–Kier alpha value is -3.09. The number of benzene rings is 1. The molecule has 2 aromatic rings. The monoisotopic (exact) mass is 369 g/mol. The molecule has 3 amide bonds. The maximum atomic E-state index is 12.2. The second-order valence-electron chi connectivity index (χ2n) is 6.73. The third-order valence-corrected chi connectivity index (χ3v) is 4.62. The first-order chi connectivity index (χ1) is 12.8. The molecule has 1 fully saturated rings. The standard InChI is InChI=1S/C20H23N3O4/c1-12-6-7-16(10-17(12)23-8-4-5-18(23)24)22-20(26)19(25)21-11-15-9-13(2)27-14(15)3/h6-7,9-10H,4-5,8,11H2,1-3H3,(H,21,25)(H,22,26). The molecule has 0 atom stereocenters. The molecule has 142 valence electrons. The molecular weight excluding hydrogens is 346 g/mol. The Morgan fingerprint density at radius 3 is 2.56 bits per heavy atom. The van der Waals surface area contributed by atoms with Gasteiger partial charge in [-0.1, -0.05) is 6.07 Å². The first-order valence-electron chi connectivity index (χ1n) is 8.91. The normalized spacial score (nSPS) is 13.7. The number of nitrogens with one attached hydrogen (secondary N) is 2. The molecule has 1 saturated heterocycles. The largest absolute Gasteiger partial charge is 0.466 e. The lowest BCUT2D eigenvalue weighted by Gasteiger charge is -2.19. The second-order valence-corrected chi connectivity index (χ2v) is 6.73. The van der Waals surface area contributed by atoms with Gasteiger partial charge in [0.25, 0.3) is 0 Å². The van der Waals surface area contributed by atoms with Crippen LogP contribution < -0.4 is 15.5 Å². The van der Waals surface area contributed by atoms with Crippen LogP contribution in [0.25, 0.3) is 0 Å². The summed E-state index contributed by atoms with van der Waals surface area (Å²) in [5.74, 6) is 0.0599. The predicted molar refractivity (Wildman–Crippen MR) is 101 cm³/mol. The minimum atomic E-state index is -0.754. The number of nitrogens with zero attached hydrogens (tertiary/aromatic N) is 1. The fraction of sp³-hybridized carbons (Fsp3) is 0.350. The van der Waals surface area contributed by atoms with E-state index in [1.807, 2.05) is 32.9 Å². The van der Waals surface area contributed by atoms with Crippen molar-refractivity contribution in [2.45, 2.75) is 40.2 Å². The highest BCUT2D eigenvalue weighted by Gasteiger charge is 2.23. The van der Waals surface area contributed by atoms with Gasteiger partial charge < -0.3 is 20.0 Å². The van der Waals surface area contributed by atoms with Crippen molar-refractivity contribution < 1.29 is 18.8 Å². The number of hydrogen-bond donors (Lipinski definition) is 2. The Bertz CT molecular complexity index is 901. The van der Waals surface area contributed by atoms with Crippen molar-refractivity contribution in [1.29, 1.82) is 0 Å². The van der Waals surface area contributed by atoms with Crippen molar-refractivity contribution in [3.63, 3.8) is 0 Å². The number of anilines is 2. The van der Waals surface area contributed by atoms with Crippen LogP contribution in [0.4, 0.5) is 11.4 Å². The van der Waals surface area contributed by atoms with Crippen LogP contribution in [0.2, 0.25) is 0 Å². The van der Waals surface area contributed by atoms with Gasteiger partial charge in [0.05, 0.1) is 0 Å². The Balaban J connectivity index is 1.64. The van der Waals surface area contributed by atoms with E-state index in [1.165, 1.54) is 0 Å². The zero-order chi connectivity index (χ0) is 19.6. The van der Waals surface area contributed by atoms with E-state index in [9.17, 15) is 14.4 Å². The summed E-state index contributed by atoms with van der Waals surface area (Å²) in [7, 11) is 0. The summed E-state index contributed by atoms with van der Waals surface area (Å²) in [4.78, 5) is 38.0. The van der Waals surface area contributed by atoms with Gasteiger partial charge in [0.2, 0.25) is 5.91 Å². The molecule has 0 bridgehead atoms. The van der Waals surface area contributed by atoms with Gasteiger partial charge in [0, 0.05) is 36.4 Å². The van der Waals surface area contributed by atoms with Crippen LogP contribution in [0.5, 0.6) is 0 Å². The first-order valence-corrected chi connectivity index (χ1v) is 8.91. The van der Waals surface area contributed by atoms with Crippen LogP contribution in [0.15, 0.2) is 28.7 Å². The molecule has 7 nitrogen and oxygen atoms in total. The topological polar surface area (TPSA) is 91.7 Å². The molecule has 7 heteroatoms. The maximum Gasteiger partial charge on any atom is 0.313 e. The quantitative estimate of drug-likeness (QED) is 0.811. The van der Waals surface area contributed by atoms with E-state index in [0.717, 1.165) is 29.0 Å². The summed E-state index contributed by atoms with van der Waals surface area (Å²) < 4.78 is 5.40. The van der Waals surface area contributed by atoms with E-state index in [-0.39, 0.29) is 12.5 Å². The van der Waals surface area contributed by atoms with Gasteiger partial charge in [-0.05, 0) is 51.0 Å². The molecule has 1 aromatic heterocycles. The highest BCUT2D eigenvalue weighted by Crippen LogP contribution is 2.28. The molecule has 0 aliphatic carbocycles. The molecule has 0 saturated carbocycles. The van der Waals surface area contributed by atoms with Gasteiger partial charge in [0.1, 0.15) is 11.5 Å². The fourth-order valence-corrected chi connectivity index (χ4v) is 3.18. The van der Waals surface area contributed by atoms with Gasteiger partial charge in [-0.3, -0.25) is 14.4 Å². The van der Waals surface area contributed by atoms with E-state index in [2.05, 4.69) is 10.6 Å². The Morgan fingerprint density at radius 2 is 1.93 bits per heavy atom. The molecule has 3 rings (SSSR count). The zero-order valence-electron chi connectivity index (χ0n) is 15.7. The lowest BCUT2D eigenvalue weighted by atomic mass is 10.1. The summed E-state index contributed by atoms with van der Waals surface area (Å²) in [6.07, 6.45) is 1.36. The highest BCUT2D eigenvalue weighted by molar-refractivity contribution is 6.39. The molecule has 2 heterocycles. The smallest absolute Gasteiger partial charge is 0.313 e. The van der Waals surface area contributed by atoms with Crippen molar-refractivity contribution in [2.75, 3.05) is 16.8 Å². The summed E-state index contributed by atoms with van der Waals surface area (Å²) in [5, 5.41) is 5.18. The van der Waals surface area contributed by atoms with Gasteiger partial charge >= 0.3 is 11.8 Å². The van der Waals surface area contributed by atoms with Crippen molar-refractivity contribution in [3.05, 3.63) is 46.9 Å². The molecule has 0 unspecified atom stereocenters. The first kappa shape index (κ1) is 18.7. The zero-order valence-corrected chi connectivity index (χ0v) is 15.7. The Kier molecular flexibility index (Phi) is 5.30. The van der Waals surface area contributed by atoms with Gasteiger partial charge in [-0.2, -0.15) is 0 Å². The van der Waals surface area contributed by atoms with Crippen LogP contribution in [0, 0.1) is 20.8 Å². The van der Waals surface area contributed by atoms with Gasteiger partial charge in [-0.25, -0.2) is 0 Å². The van der Waals surface area contributed by atoms with Gasteiger partial charge in [0.15, 0.2) is 0 Å². The maximum absolute atomic E-state index is 12.2. The van der Waals surface area contributed by atoms with Gasteiger partial charge in [-0.15, -0.1) is 0 Å². The number of carbonyl (C=O) groups is 3. The van der Waals surface area contributed by atoms with Crippen molar-refractivity contribution in [3.8, 4) is 0 Å². The summed E-state index contributed by atoms with van der Waals surface area (Å²) in [6.45, 7) is 6.43. The minimum Gasteiger partial charge on any atom is -0.466 e. The summed E-state index contributed by atoms with van der Waals surface area (Å²) in [5.41, 5.74) is 3.02. The van der Waals surface area contributed by atoms with Crippen LogP contribution in [0.1, 0.15) is 35.5 Å². The van der Waals surface area contributed by atoms with Crippen LogP contribution in [-0.4, -0.2) is 24.3 Å². The third kappa shape index (κ3) is 4.19. The molecule has 1 aromatic carbocycles. The van der Waals surface area contributed by atoms with Crippen LogP contribution in [-0.2, 0) is 20.9 Å². The van der Waals surface area contributed by atoms with Crippen molar-refractivity contribution >= 4 is 29.1 Å². The minimum absolute atomic E-state index is 0.0742. The number of amides is 3. The number of furan rings is 1. The van der Waals surface area contributed by atoms with E-state index in [4.69, 9.17) is 4.42 Å². The van der Waals surface area contributed by atoms with E-state index >= 15 is 0 Å². The SMILES string of the molecule is Cc1cc(CNC(=O)C(=O)Nc2ccc(C)c(N3CCCC3=O)c2)c(C)o1. The van der Waals surface area contributed by atoms with Crippen LogP contribution in [0.3, 0.4) is 0 Å². The summed E-state index contributed by atoms with van der Waals surface area (Å²) >= 11 is 0. The van der Waals surface area contributed by atoms with E-state index in [0.29, 0.717) is 24.4 Å². The van der Waals surface area contributed by atoms with Crippen molar-refractivity contribution in [2.24, 2.45) is 0 Å². The molecule has 2 N–H and O–H groups in total. The molecular formula is C20H23N3O4. The van der Waals surface area contributed by atoms with E-state index in [1.54, 1.807) is 17.0 Å². The lowest BCUT2D eigenvalue weighted by Crippen LogP contribution is -2.35. The third-order valence-electron chi connectivity index (χ3n) is 4.62. The number of rotatable bonds is 4. The number of carbonyl (C=O) groups excluding carboxylic acids is 3. The second kappa shape index (κ2) is 7.65. The molecule has 0 spiro atoms. The average molecular weight is 369 g/mol. The predicted octanol–water partition coefficient (Wildman–Crippen LogP) is 2.59. The number of aryl methyl sites for hydroxylation is 3.